The topological polar surface area (TPSA) is 145 Å². The van der Waals surface area contributed by atoms with Gasteiger partial charge in [0.1, 0.15) is 6.33 Å². The van der Waals surface area contributed by atoms with E-state index in [2.05, 4.69) is 45.4 Å². The number of hydrogen-bond donors (Lipinski definition) is 1. The van der Waals surface area contributed by atoms with Crippen molar-refractivity contribution in [2.24, 2.45) is 5.92 Å². The molecular formula is C18H22N12O. The van der Waals surface area contributed by atoms with E-state index in [4.69, 9.17) is 10.2 Å². The van der Waals surface area contributed by atoms with E-state index in [1.54, 1.807) is 24.7 Å². The number of piperazine rings is 1. The van der Waals surface area contributed by atoms with Gasteiger partial charge in [-0.1, -0.05) is 0 Å². The van der Waals surface area contributed by atoms with Crippen LogP contribution in [0.3, 0.4) is 0 Å². The van der Waals surface area contributed by atoms with E-state index in [1.807, 2.05) is 4.68 Å². The number of nitrogens with two attached hydrogens (primary N) is 1. The van der Waals surface area contributed by atoms with Crippen molar-refractivity contribution in [3.63, 3.8) is 0 Å². The lowest BCUT2D eigenvalue weighted by atomic mass is 9.91. The van der Waals surface area contributed by atoms with Crippen molar-refractivity contribution in [2.75, 3.05) is 36.8 Å². The Kier molecular flexibility index (Phi) is 4.26. The van der Waals surface area contributed by atoms with Crippen LogP contribution in [0.4, 0.5) is 11.9 Å². The van der Waals surface area contributed by atoms with Crippen molar-refractivity contribution < 1.29 is 4.42 Å². The van der Waals surface area contributed by atoms with Crippen LogP contribution in [-0.2, 0) is 6.54 Å². The van der Waals surface area contributed by atoms with E-state index in [-0.39, 0.29) is 5.95 Å². The van der Waals surface area contributed by atoms with E-state index in [1.165, 1.54) is 4.52 Å². The second-order valence-electron chi connectivity index (χ2n) is 8.08. The monoisotopic (exact) mass is 422 g/mol. The zero-order valence-electron chi connectivity index (χ0n) is 16.8. The van der Waals surface area contributed by atoms with Crippen LogP contribution in [-0.4, -0.2) is 81.9 Å². The quantitative estimate of drug-likeness (QED) is 0.472. The molecule has 0 amide bonds. The van der Waals surface area contributed by atoms with Crippen LogP contribution < -0.4 is 10.6 Å². The highest BCUT2D eigenvalue weighted by Gasteiger charge is 2.34. The Labute approximate surface area is 176 Å². The summed E-state index contributed by atoms with van der Waals surface area (Å²) in [7, 11) is 0. The Morgan fingerprint density at radius 2 is 2.10 bits per heavy atom. The van der Waals surface area contributed by atoms with Gasteiger partial charge in [0.15, 0.2) is 5.76 Å². The van der Waals surface area contributed by atoms with Gasteiger partial charge in [0.2, 0.25) is 17.7 Å². The SMILES string of the molecule is Nc1nc(N2CCN3C[C@@H](Cn4cnnn4)CC[C@H]3C2)nc2nc(-c3ccco3)nn12. The van der Waals surface area contributed by atoms with Gasteiger partial charge in [-0.05, 0) is 41.3 Å². The molecule has 2 N–H and O–H groups in total. The number of nitrogens with zero attached hydrogens (tertiary/aromatic N) is 11. The minimum absolute atomic E-state index is 0.262. The van der Waals surface area contributed by atoms with Crippen LogP contribution in [0, 0.1) is 5.92 Å². The van der Waals surface area contributed by atoms with Crippen molar-refractivity contribution in [3.05, 3.63) is 24.7 Å². The molecule has 4 aromatic heterocycles. The maximum Gasteiger partial charge on any atom is 0.259 e. The standard InChI is InChI=1S/C18H22N12O/c19-16-22-17(23-18-21-15(24-30(16)18)14-2-1-7-31-14)28-6-5-27-8-12(3-4-13(27)10-28)9-29-11-20-25-26-29/h1-2,7,11-13H,3-6,8-10H2,(H2,19,21,22,23,24)/t12-,13-/m0/s1. The molecule has 2 atom stereocenters. The average molecular weight is 422 g/mol. The molecule has 0 saturated carbocycles. The summed E-state index contributed by atoms with van der Waals surface area (Å²) in [6, 6.07) is 4.06. The van der Waals surface area contributed by atoms with Gasteiger partial charge in [0.05, 0.1) is 6.26 Å². The van der Waals surface area contributed by atoms with Crippen molar-refractivity contribution in [1.82, 2.24) is 49.7 Å². The van der Waals surface area contributed by atoms with E-state index in [9.17, 15) is 0 Å². The molecule has 0 spiro atoms. The molecule has 2 saturated heterocycles. The van der Waals surface area contributed by atoms with Gasteiger partial charge >= 0.3 is 0 Å². The van der Waals surface area contributed by atoms with Gasteiger partial charge in [-0.15, -0.1) is 10.2 Å². The zero-order valence-corrected chi connectivity index (χ0v) is 16.8. The molecule has 13 heteroatoms. The average Bonchev–Trinajstić information content (AvgIpc) is 3.54. The number of aromatic nitrogens is 9. The fraction of sp³-hybridized carbons (Fsp3) is 0.500. The summed E-state index contributed by atoms with van der Waals surface area (Å²) >= 11 is 0. The zero-order chi connectivity index (χ0) is 20.8. The summed E-state index contributed by atoms with van der Waals surface area (Å²) in [6.45, 7) is 4.57. The number of fused-ring (bicyclic) bond motifs is 2. The first-order valence-corrected chi connectivity index (χ1v) is 10.4. The summed E-state index contributed by atoms with van der Waals surface area (Å²) in [6.07, 6.45) is 5.53. The van der Waals surface area contributed by atoms with Crippen LogP contribution in [0.5, 0.6) is 0 Å². The number of tetrazole rings is 1. The predicted octanol–water partition coefficient (Wildman–Crippen LogP) is -0.0512. The molecule has 0 aromatic carbocycles. The maximum absolute atomic E-state index is 6.17. The molecule has 0 aliphatic carbocycles. The first-order valence-electron chi connectivity index (χ1n) is 10.4. The summed E-state index contributed by atoms with van der Waals surface area (Å²) in [5.74, 6) is 2.84. The molecule has 2 fully saturated rings. The van der Waals surface area contributed by atoms with Crippen LogP contribution >= 0.6 is 0 Å². The third-order valence-corrected chi connectivity index (χ3v) is 6.09. The number of furan rings is 1. The van der Waals surface area contributed by atoms with Gasteiger partial charge in [0, 0.05) is 38.8 Å². The van der Waals surface area contributed by atoms with Crippen LogP contribution in [0.2, 0.25) is 0 Å². The van der Waals surface area contributed by atoms with E-state index in [0.29, 0.717) is 35.3 Å². The van der Waals surface area contributed by atoms with Gasteiger partial charge < -0.3 is 15.1 Å². The summed E-state index contributed by atoms with van der Waals surface area (Å²) in [5, 5.41) is 15.8. The molecule has 2 aliphatic heterocycles. The smallest absolute Gasteiger partial charge is 0.259 e. The molecule has 0 bridgehead atoms. The third kappa shape index (κ3) is 3.36. The van der Waals surface area contributed by atoms with Crippen molar-refractivity contribution in [1.29, 1.82) is 0 Å². The van der Waals surface area contributed by atoms with E-state index >= 15 is 0 Å². The molecule has 2 aliphatic rings. The van der Waals surface area contributed by atoms with Gasteiger partial charge in [-0.3, -0.25) is 4.90 Å². The number of nitrogen functional groups attached to an aromatic ring is 1. The van der Waals surface area contributed by atoms with E-state index in [0.717, 1.165) is 45.6 Å². The molecular weight excluding hydrogens is 400 g/mol. The molecule has 13 nitrogen and oxygen atoms in total. The minimum Gasteiger partial charge on any atom is -0.461 e. The molecule has 160 valence electrons. The Bertz CT molecular complexity index is 1170. The summed E-state index contributed by atoms with van der Waals surface area (Å²) in [4.78, 5) is 18.4. The summed E-state index contributed by atoms with van der Waals surface area (Å²) < 4.78 is 8.65. The van der Waals surface area contributed by atoms with Crippen molar-refractivity contribution in [2.45, 2.75) is 25.4 Å². The molecule has 6 heterocycles. The lowest BCUT2D eigenvalue weighted by Gasteiger charge is -2.46. The second-order valence-corrected chi connectivity index (χ2v) is 8.08. The number of anilines is 2. The van der Waals surface area contributed by atoms with Gasteiger partial charge in [0.25, 0.3) is 5.78 Å². The normalized spacial score (nSPS) is 22.1. The molecule has 0 radical (unpaired) electrons. The first-order chi connectivity index (χ1) is 15.2. The second kappa shape index (κ2) is 7.27. The Morgan fingerprint density at radius 3 is 2.94 bits per heavy atom. The van der Waals surface area contributed by atoms with Crippen molar-refractivity contribution in [3.8, 4) is 11.6 Å². The number of hydrogen-bond acceptors (Lipinski definition) is 11. The van der Waals surface area contributed by atoms with Gasteiger partial charge in [-0.2, -0.15) is 19.5 Å². The summed E-state index contributed by atoms with van der Waals surface area (Å²) in [5.41, 5.74) is 6.17. The highest BCUT2D eigenvalue weighted by molar-refractivity contribution is 5.53. The highest BCUT2D eigenvalue weighted by Crippen LogP contribution is 2.28. The molecule has 31 heavy (non-hydrogen) atoms. The van der Waals surface area contributed by atoms with Crippen LogP contribution in [0.1, 0.15) is 12.8 Å². The molecule has 0 unspecified atom stereocenters. The lowest BCUT2D eigenvalue weighted by molar-refractivity contribution is 0.0866. The van der Waals surface area contributed by atoms with Gasteiger partial charge in [-0.25, -0.2) is 4.68 Å². The fourth-order valence-electron chi connectivity index (χ4n) is 4.56. The number of rotatable bonds is 4. The molecule has 4 aromatic rings. The minimum atomic E-state index is 0.262. The van der Waals surface area contributed by atoms with Crippen LogP contribution in [0.15, 0.2) is 29.1 Å². The van der Waals surface area contributed by atoms with Crippen molar-refractivity contribution >= 4 is 17.7 Å². The Morgan fingerprint density at radius 1 is 1.13 bits per heavy atom. The third-order valence-electron chi connectivity index (χ3n) is 6.09. The lowest BCUT2D eigenvalue weighted by Crippen LogP contribution is -2.57. The Balaban J connectivity index is 1.18. The number of piperidine rings is 1. The molecule has 6 rings (SSSR count). The maximum atomic E-state index is 6.17. The fourth-order valence-corrected chi connectivity index (χ4v) is 4.56. The largest absolute Gasteiger partial charge is 0.461 e. The first kappa shape index (κ1) is 18.2. The predicted molar refractivity (Wildman–Crippen MR) is 109 cm³/mol. The Hall–Kier alpha value is -3.61. The van der Waals surface area contributed by atoms with E-state index < -0.39 is 0 Å². The van der Waals surface area contributed by atoms with Crippen LogP contribution in [0.25, 0.3) is 17.4 Å². The highest BCUT2D eigenvalue weighted by atomic mass is 16.3.